The van der Waals surface area contributed by atoms with Crippen molar-refractivity contribution in [3.8, 4) is 0 Å². The molecule has 0 aliphatic heterocycles. The monoisotopic (exact) mass is 273 g/mol. The average Bonchev–Trinajstić information content (AvgIpc) is 2.92. The summed E-state index contributed by atoms with van der Waals surface area (Å²) in [7, 11) is 1.72. The zero-order valence-corrected chi connectivity index (χ0v) is 12.2. The van der Waals surface area contributed by atoms with Gasteiger partial charge in [-0.25, -0.2) is 4.98 Å². The van der Waals surface area contributed by atoms with Gasteiger partial charge in [-0.2, -0.15) is 0 Å². The number of ether oxygens (including phenoxy) is 1. The predicted molar refractivity (Wildman–Crippen MR) is 80.7 cm³/mol. The Morgan fingerprint density at radius 3 is 2.85 bits per heavy atom. The molecule has 0 saturated heterocycles. The Balaban J connectivity index is 1.91. The average molecular weight is 273 g/mol. The smallest absolute Gasteiger partial charge is 0.0948 e. The first-order chi connectivity index (χ1) is 9.81. The van der Waals surface area contributed by atoms with Crippen molar-refractivity contribution in [1.82, 2.24) is 14.9 Å². The predicted octanol–water partition coefficient (Wildman–Crippen LogP) is 2.42. The van der Waals surface area contributed by atoms with Crippen molar-refractivity contribution in [2.45, 2.75) is 25.9 Å². The summed E-state index contributed by atoms with van der Waals surface area (Å²) in [5, 5.41) is 3.36. The molecule has 1 unspecified atom stereocenters. The van der Waals surface area contributed by atoms with Crippen LogP contribution in [0, 0.1) is 0 Å². The van der Waals surface area contributed by atoms with Crippen LogP contribution in [0.25, 0.3) is 0 Å². The summed E-state index contributed by atoms with van der Waals surface area (Å²) in [6.45, 7) is 5.61. The van der Waals surface area contributed by atoms with Crippen molar-refractivity contribution in [3.05, 3.63) is 54.1 Å². The number of imidazole rings is 1. The second kappa shape index (κ2) is 7.82. The van der Waals surface area contributed by atoms with Crippen LogP contribution in [0.15, 0.2) is 42.9 Å². The Bertz CT molecular complexity index is 495. The van der Waals surface area contributed by atoms with Gasteiger partial charge >= 0.3 is 0 Å². The Morgan fingerprint density at radius 1 is 1.30 bits per heavy atom. The summed E-state index contributed by atoms with van der Waals surface area (Å²) in [4.78, 5) is 4.26. The number of aromatic nitrogens is 2. The molecule has 108 valence electrons. The molecule has 1 aromatic heterocycles. The van der Waals surface area contributed by atoms with Crippen LogP contribution in [0.5, 0.6) is 0 Å². The lowest BCUT2D eigenvalue weighted by Gasteiger charge is -2.15. The zero-order valence-electron chi connectivity index (χ0n) is 12.2. The number of rotatable bonds is 8. The van der Waals surface area contributed by atoms with Gasteiger partial charge in [0.05, 0.1) is 18.6 Å². The molecule has 0 aliphatic rings. The van der Waals surface area contributed by atoms with Gasteiger partial charge in [-0.1, -0.05) is 37.3 Å². The topological polar surface area (TPSA) is 39.1 Å². The number of benzene rings is 1. The molecule has 0 bridgehead atoms. The van der Waals surface area contributed by atoms with Crippen molar-refractivity contribution in [1.29, 1.82) is 0 Å². The number of nitrogens with zero attached hydrogens (tertiary/aromatic N) is 2. The van der Waals surface area contributed by atoms with Crippen LogP contribution in [0.2, 0.25) is 0 Å². The van der Waals surface area contributed by atoms with Gasteiger partial charge in [0, 0.05) is 32.9 Å². The highest BCUT2D eigenvalue weighted by Gasteiger charge is 2.08. The largest absolute Gasteiger partial charge is 0.383 e. The van der Waals surface area contributed by atoms with Gasteiger partial charge in [0.2, 0.25) is 0 Å². The second-order valence-corrected chi connectivity index (χ2v) is 5.02. The molecule has 0 fully saturated rings. The van der Waals surface area contributed by atoms with Crippen LogP contribution in [0.1, 0.15) is 24.1 Å². The lowest BCUT2D eigenvalue weighted by Crippen LogP contribution is -2.21. The first-order valence-corrected chi connectivity index (χ1v) is 7.05. The van der Waals surface area contributed by atoms with E-state index in [1.165, 1.54) is 11.3 Å². The molecule has 1 atom stereocenters. The molecule has 2 rings (SSSR count). The van der Waals surface area contributed by atoms with Gasteiger partial charge < -0.3 is 14.6 Å². The molecule has 20 heavy (non-hydrogen) atoms. The lowest BCUT2D eigenvalue weighted by atomic mass is 10.0. The summed E-state index contributed by atoms with van der Waals surface area (Å²) in [5.74, 6) is 0.475. The summed E-state index contributed by atoms with van der Waals surface area (Å²) < 4.78 is 7.25. The second-order valence-electron chi connectivity index (χ2n) is 5.02. The Hall–Kier alpha value is -1.65. The van der Waals surface area contributed by atoms with E-state index in [1.807, 2.05) is 12.5 Å². The number of hydrogen-bond donors (Lipinski definition) is 1. The van der Waals surface area contributed by atoms with Crippen LogP contribution in [-0.2, 0) is 17.8 Å². The first-order valence-electron chi connectivity index (χ1n) is 7.05. The fraction of sp³-hybridized carbons (Fsp3) is 0.438. The van der Waals surface area contributed by atoms with Crippen LogP contribution in [0.3, 0.4) is 0 Å². The maximum atomic E-state index is 5.03. The van der Waals surface area contributed by atoms with E-state index in [9.17, 15) is 0 Å². The fourth-order valence-corrected chi connectivity index (χ4v) is 2.23. The van der Waals surface area contributed by atoms with Gasteiger partial charge in [0.1, 0.15) is 0 Å². The minimum absolute atomic E-state index is 0.475. The van der Waals surface area contributed by atoms with E-state index in [0.717, 1.165) is 26.2 Å². The third-order valence-corrected chi connectivity index (χ3v) is 3.43. The minimum atomic E-state index is 0.475. The van der Waals surface area contributed by atoms with Crippen molar-refractivity contribution < 1.29 is 4.74 Å². The van der Waals surface area contributed by atoms with E-state index in [0.29, 0.717) is 5.92 Å². The molecule has 4 nitrogen and oxygen atoms in total. The fourth-order valence-electron chi connectivity index (χ4n) is 2.23. The van der Waals surface area contributed by atoms with Gasteiger partial charge in [-0.3, -0.25) is 0 Å². The van der Waals surface area contributed by atoms with Crippen molar-refractivity contribution in [3.63, 3.8) is 0 Å². The number of methoxy groups -OCH3 is 1. The maximum absolute atomic E-state index is 5.03. The van der Waals surface area contributed by atoms with Crippen LogP contribution in [-0.4, -0.2) is 29.8 Å². The molecular weight excluding hydrogens is 250 g/mol. The molecule has 1 aromatic carbocycles. The molecule has 0 spiro atoms. The summed E-state index contributed by atoms with van der Waals surface area (Å²) in [5.41, 5.74) is 2.57. The molecule has 0 radical (unpaired) electrons. The molecule has 0 amide bonds. The van der Waals surface area contributed by atoms with E-state index in [-0.39, 0.29) is 0 Å². The zero-order chi connectivity index (χ0) is 14.2. The Kier molecular flexibility index (Phi) is 5.77. The minimum Gasteiger partial charge on any atom is -0.383 e. The van der Waals surface area contributed by atoms with Crippen LogP contribution >= 0.6 is 0 Å². The number of hydrogen-bond acceptors (Lipinski definition) is 3. The number of nitrogens with one attached hydrogen (secondary N) is 1. The third kappa shape index (κ3) is 4.18. The summed E-state index contributed by atoms with van der Waals surface area (Å²) in [6, 6.07) is 10.6. The van der Waals surface area contributed by atoms with Gasteiger partial charge in [-0.05, 0) is 11.5 Å². The van der Waals surface area contributed by atoms with E-state index >= 15 is 0 Å². The summed E-state index contributed by atoms with van der Waals surface area (Å²) in [6.07, 6.45) is 3.84. The molecular formula is C16H23N3O. The first kappa shape index (κ1) is 14.8. The highest BCUT2D eigenvalue weighted by molar-refractivity contribution is 5.18. The molecule has 1 N–H and O–H groups in total. The van der Waals surface area contributed by atoms with Crippen LogP contribution < -0.4 is 5.32 Å². The molecule has 0 aliphatic carbocycles. The van der Waals surface area contributed by atoms with E-state index in [1.54, 1.807) is 7.11 Å². The molecule has 1 heterocycles. The summed E-state index contributed by atoms with van der Waals surface area (Å²) >= 11 is 0. The van der Waals surface area contributed by atoms with Gasteiger partial charge in [0.15, 0.2) is 0 Å². The van der Waals surface area contributed by atoms with E-state index in [4.69, 9.17) is 4.74 Å². The normalized spacial score (nSPS) is 12.5. The SMILES string of the molecule is COCCNCc1cncn1CC(C)c1ccccc1. The van der Waals surface area contributed by atoms with Gasteiger partial charge in [-0.15, -0.1) is 0 Å². The third-order valence-electron chi connectivity index (χ3n) is 3.43. The molecule has 4 heteroatoms. The highest BCUT2D eigenvalue weighted by Crippen LogP contribution is 2.17. The lowest BCUT2D eigenvalue weighted by molar-refractivity contribution is 0.199. The molecule has 0 saturated carbocycles. The van der Waals surface area contributed by atoms with Crippen molar-refractivity contribution >= 4 is 0 Å². The Labute approximate surface area is 120 Å². The standard InChI is InChI=1S/C16H23N3O/c1-14(15-6-4-3-5-7-15)12-19-13-18-11-16(19)10-17-8-9-20-2/h3-7,11,13-14,17H,8-10,12H2,1-2H3. The Morgan fingerprint density at radius 2 is 2.10 bits per heavy atom. The van der Waals surface area contributed by atoms with Gasteiger partial charge in [0.25, 0.3) is 0 Å². The van der Waals surface area contributed by atoms with Crippen molar-refractivity contribution in [2.75, 3.05) is 20.3 Å². The van der Waals surface area contributed by atoms with Crippen LogP contribution in [0.4, 0.5) is 0 Å². The highest BCUT2D eigenvalue weighted by atomic mass is 16.5. The maximum Gasteiger partial charge on any atom is 0.0948 e. The molecule has 2 aromatic rings. The quantitative estimate of drug-likeness (QED) is 0.751. The van der Waals surface area contributed by atoms with E-state index in [2.05, 4.69) is 52.1 Å². The van der Waals surface area contributed by atoms with Crippen molar-refractivity contribution in [2.24, 2.45) is 0 Å². The van der Waals surface area contributed by atoms with E-state index < -0.39 is 0 Å².